The molecular formula is C15H17IN4O3. The second-order valence-corrected chi connectivity index (χ2v) is 4.44. The summed E-state index contributed by atoms with van der Waals surface area (Å²) in [4.78, 5) is 14.6. The number of nitrogens with zero attached hydrogens (tertiary/aromatic N) is 2. The van der Waals surface area contributed by atoms with E-state index in [0.717, 1.165) is 5.69 Å². The van der Waals surface area contributed by atoms with E-state index >= 15 is 0 Å². The number of halogens is 1. The highest BCUT2D eigenvalue weighted by Crippen LogP contribution is 2.19. The molecular weight excluding hydrogens is 411 g/mol. The Balaban J connectivity index is 0.00000264. The Kier molecular flexibility index (Phi) is 7.26. The number of methoxy groups -OCH3 is 1. The van der Waals surface area contributed by atoms with Crippen molar-refractivity contribution in [1.29, 1.82) is 0 Å². The third kappa shape index (κ3) is 5.40. The molecule has 122 valence electrons. The predicted molar refractivity (Wildman–Crippen MR) is 100 cm³/mol. The summed E-state index contributed by atoms with van der Waals surface area (Å²) in [5.41, 5.74) is 7.06. The van der Waals surface area contributed by atoms with Gasteiger partial charge in [-0.3, -0.25) is 10.1 Å². The van der Waals surface area contributed by atoms with E-state index < -0.39 is 4.92 Å². The van der Waals surface area contributed by atoms with Gasteiger partial charge in [0.2, 0.25) is 0 Å². The molecule has 3 N–H and O–H groups in total. The smallest absolute Gasteiger partial charge is 0.274 e. The minimum absolute atomic E-state index is 0. The van der Waals surface area contributed by atoms with Crippen molar-refractivity contribution in [2.24, 2.45) is 10.7 Å². The molecule has 23 heavy (non-hydrogen) atoms. The number of nitro groups is 1. The lowest BCUT2D eigenvalue weighted by molar-refractivity contribution is -0.385. The molecule has 0 saturated heterocycles. The van der Waals surface area contributed by atoms with Crippen molar-refractivity contribution in [1.82, 2.24) is 0 Å². The maximum atomic E-state index is 10.9. The number of nitro benzene ring substituents is 1. The number of nitrogens with one attached hydrogen (secondary N) is 1. The molecule has 2 aromatic carbocycles. The van der Waals surface area contributed by atoms with Crippen LogP contribution in [0, 0.1) is 10.1 Å². The third-order valence-corrected chi connectivity index (χ3v) is 2.95. The van der Waals surface area contributed by atoms with Crippen molar-refractivity contribution in [2.45, 2.75) is 6.54 Å². The first-order valence-corrected chi connectivity index (χ1v) is 6.53. The van der Waals surface area contributed by atoms with Gasteiger partial charge in [-0.2, -0.15) is 0 Å². The maximum absolute atomic E-state index is 10.9. The van der Waals surface area contributed by atoms with Crippen LogP contribution in [0.4, 0.5) is 11.4 Å². The van der Waals surface area contributed by atoms with Crippen LogP contribution in [-0.2, 0) is 6.54 Å². The largest absolute Gasteiger partial charge is 0.497 e. The van der Waals surface area contributed by atoms with Crippen LogP contribution in [0.5, 0.6) is 5.75 Å². The molecule has 0 aromatic heterocycles. The first-order chi connectivity index (χ1) is 10.6. The number of nitrogens with two attached hydrogens (primary N) is 1. The number of benzene rings is 2. The van der Waals surface area contributed by atoms with Gasteiger partial charge in [-0.05, 0) is 12.1 Å². The van der Waals surface area contributed by atoms with Crippen molar-refractivity contribution < 1.29 is 9.66 Å². The number of hydrogen-bond acceptors (Lipinski definition) is 4. The number of ether oxygens (including phenoxy) is 1. The average Bonchev–Trinajstić information content (AvgIpc) is 2.53. The van der Waals surface area contributed by atoms with E-state index in [-0.39, 0.29) is 42.2 Å². The Hall–Kier alpha value is -2.36. The van der Waals surface area contributed by atoms with E-state index in [1.807, 2.05) is 18.2 Å². The summed E-state index contributed by atoms with van der Waals surface area (Å²) in [7, 11) is 1.57. The number of guanidine groups is 1. The van der Waals surface area contributed by atoms with Crippen molar-refractivity contribution in [3.8, 4) is 5.75 Å². The number of hydrogen-bond donors (Lipinski definition) is 2. The van der Waals surface area contributed by atoms with Gasteiger partial charge in [-0.1, -0.05) is 24.3 Å². The van der Waals surface area contributed by atoms with E-state index in [1.165, 1.54) is 6.07 Å². The Bertz CT molecular complexity index is 707. The van der Waals surface area contributed by atoms with Gasteiger partial charge >= 0.3 is 0 Å². The normalized spacial score (nSPS) is 10.6. The van der Waals surface area contributed by atoms with Crippen molar-refractivity contribution in [3.63, 3.8) is 0 Å². The highest BCUT2D eigenvalue weighted by atomic mass is 127. The Morgan fingerprint density at radius 2 is 2.04 bits per heavy atom. The maximum Gasteiger partial charge on any atom is 0.274 e. The summed E-state index contributed by atoms with van der Waals surface area (Å²) in [5, 5.41) is 13.8. The topological polar surface area (TPSA) is 103 Å². The number of anilines is 1. The quantitative estimate of drug-likeness (QED) is 0.251. The first-order valence-electron chi connectivity index (χ1n) is 6.53. The molecule has 2 aromatic rings. The zero-order valence-corrected chi connectivity index (χ0v) is 14.8. The van der Waals surface area contributed by atoms with Crippen LogP contribution in [0.3, 0.4) is 0 Å². The predicted octanol–water partition coefficient (Wildman–Crippen LogP) is 3.15. The summed E-state index contributed by atoms with van der Waals surface area (Å²) in [6.07, 6.45) is 0. The van der Waals surface area contributed by atoms with Crippen molar-refractivity contribution >= 4 is 41.3 Å². The molecule has 2 rings (SSSR count). The molecule has 0 heterocycles. The lowest BCUT2D eigenvalue weighted by Crippen LogP contribution is -2.22. The van der Waals surface area contributed by atoms with Crippen LogP contribution in [0.2, 0.25) is 0 Å². The molecule has 0 radical (unpaired) electrons. The van der Waals surface area contributed by atoms with Crippen molar-refractivity contribution in [3.05, 3.63) is 64.2 Å². The summed E-state index contributed by atoms with van der Waals surface area (Å²) in [6, 6.07) is 13.6. The Morgan fingerprint density at radius 1 is 1.30 bits per heavy atom. The third-order valence-electron chi connectivity index (χ3n) is 2.95. The van der Waals surface area contributed by atoms with Gasteiger partial charge < -0.3 is 15.8 Å². The fourth-order valence-electron chi connectivity index (χ4n) is 1.88. The Morgan fingerprint density at radius 3 is 2.74 bits per heavy atom. The molecule has 0 aliphatic carbocycles. The van der Waals surface area contributed by atoms with Gasteiger partial charge in [0.1, 0.15) is 5.75 Å². The molecule has 0 saturated carbocycles. The monoisotopic (exact) mass is 428 g/mol. The molecule has 0 unspecified atom stereocenters. The molecule has 0 amide bonds. The molecule has 0 bridgehead atoms. The second kappa shape index (κ2) is 8.93. The van der Waals surface area contributed by atoms with Gasteiger partial charge in [0.15, 0.2) is 5.96 Å². The lowest BCUT2D eigenvalue weighted by atomic mass is 10.2. The SMILES string of the molecule is COc1cccc(NC(N)=NCc2ccccc2[N+](=O)[O-])c1.I. The summed E-state index contributed by atoms with van der Waals surface area (Å²) < 4.78 is 5.11. The van der Waals surface area contributed by atoms with Gasteiger partial charge in [-0.25, -0.2) is 4.99 Å². The van der Waals surface area contributed by atoms with Crippen LogP contribution in [0.25, 0.3) is 0 Å². The highest BCUT2D eigenvalue weighted by molar-refractivity contribution is 14.0. The molecule has 0 atom stereocenters. The molecule has 0 fully saturated rings. The number of aliphatic imine (C=N–C) groups is 1. The molecule has 0 aliphatic rings. The highest BCUT2D eigenvalue weighted by Gasteiger charge is 2.11. The van der Waals surface area contributed by atoms with Crippen molar-refractivity contribution in [2.75, 3.05) is 12.4 Å². The van der Waals surface area contributed by atoms with E-state index in [9.17, 15) is 10.1 Å². The minimum Gasteiger partial charge on any atom is -0.497 e. The fraction of sp³-hybridized carbons (Fsp3) is 0.133. The van der Waals surface area contributed by atoms with E-state index in [2.05, 4.69) is 10.3 Å². The molecule has 7 nitrogen and oxygen atoms in total. The number of para-hydroxylation sites is 1. The molecule has 0 aliphatic heterocycles. The van der Waals surface area contributed by atoms with E-state index in [1.54, 1.807) is 31.4 Å². The van der Waals surface area contributed by atoms with Gasteiger partial charge in [0.05, 0.1) is 24.1 Å². The summed E-state index contributed by atoms with van der Waals surface area (Å²) in [5.74, 6) is 0.864. The average molecular weight is 428 g/mol. The van der Waals surface area contributed by atoms with Gasteiger partial charge in [0, 0.05) is 17.8 Å². The number of rotatable bonds is 5. The van der Waals surface area contributed by atoms with E-state index in [4.69, 9.17) is 10.5 Å². The van der Waals surface area contributed by atoms with E-state index in [0.29, 0.717) is 11.3 Å². The second-order valence-electron chi connectivity index (χ2n) is 4.44. The van der Waals surface area contributed by atoms with Crippen LogP contribution < -0.4 is 15.8 Å². The van der Waals surface area contributed by atoms with Gasteiger partial charge in [-0.15, -0.1) is 24.0 Å². The zero-order valence-electron chi connectivity index (χ0n) is 12.4. The van der Waals surface area contributed by atoms with Crippen LogP contribution >= 0.6 is 24.0 Å². The van der Waals surface area contributed by atoms with Crippen LogP contribution in [0.15, 0.2) is 53.5 Å². The minimum atomic E-state index is -0.434. The Labute approximate surface area is 150 Å². The van der Waals surface area contributed by atoms with Crippen LogP contribution in [-0.4, -0.2) is 18.0 Å². The summed E-state index contributed by atoms with van der Waals surface area (Å²) >= 11 is 0. The molecule has 0 spiro atoms. The summed E-state index contributed by atoms with van der Waals surface area (Å²) in [6.45, 7) is 0.125. The molecule has 8 heteroatoms. The lowest BCUT2D eigenvalue weighted by Gasteiger charge is -2.07. The van der Waals surface area contributed by atoms with Gasteiger partial charge in [0.25, 0.3) is 5.69 Å². The standard InChI is InChI=1S/C15H16N4O3.HI/c1-22-13-7-4-6-12(9-13)18-15(16)17-10-11-5-2-3-8-14(11)19(20)21;/h2-9H,10H2,1H3,(H3,16,17,18);1H. The van der Waals surface area contributed by atoms with Crippen LogP contribution in [0.1, 0.15) is 5.56 Å². The first kappa shape index (κ1) is 18.7. The zero-order chi connectivity index (χ0) is 15.9. The fourth-order valence-corrected chi connectivity index (χ4v) is 1.88.